The Balaban J connectivity index is 1.86. The molecule has 3 heterocycles. The Bertz CT molecular complexity index is 979. The maximum absolute atomic E-state index is 14.3. The Hall–Kier alpha value is -2.03. The molecule has 0 aromatic heterocycles. The molecule has 2 unspecified atom stereocenters. The highest BCUT2D eigenvalue weighted by molar-refractivity contribution is 8.02. The summed E-state index contributed by atoms with van der Waals surface area (Å²) < 4.78 is -0.834. The van der Waals surface area contributed by atoms with Gasteiger partial charge in [0.1, 0.15) is 6.04 Å². The van der Waals surface area contributed by atoms with Crippen molar-refractivity contribution in [3.05, 3.63) is 41.4 Å². The maximum Gasteiger partial charge on any atom is 0.308 e. The molecule has 3 saturated heterocycles. The number of carbonyl (C=O) groups excluding carboxylic acids is 2. The number of carboxylic acids is 1. The molecule has 3 aliphatic heterocycles. The van der Waals surface area contributed by atoms with Crippen LogP contribution >= 0.6 is 23.4 Å². The maximum atomic E-state index is 14.3. The molecule has 2 bridgehead atoms. The highest BCUT2D eigenvalue weighted by Crippen LogP contribution is 2.66. The number of nitrogens with zero attached hydrogens (tertiary/aromatic N) is 2. The standard InChI is InChI=1S/C24H29ClN2O5S/c1-4-11-26(19-13(3)7-6-8-15(19)25)22(30)20-24-10-9-16(33-24)17(23(31)32)18(24)21(29)27(20)14(5-2)12-28/h4,6-8,14,16-18,20,28H,1,5,9-12H2,2-3H3,(H,31,32)/t14-,16+,17-,18-,20?,24?/m0/s1. The average molecular weight is 493 g/mol. The van der Waals surface area contributed by atoms with E-state index in [2.05, 4.69) is 6.58 Å². The second-order valence-corrected chi connectivity index (χ2v) is 11.0. The van der Waals surface area contributed by atoms with Gasteiger partial charge in [0.25, 0.3) is 5.91 Å². The lowest BCUT2D eigenvalue weighted by Crippen LogP contribution is -2.57. The highest BCUT2D eigenvalue weighted by Gasteiger charge is 2.74. The molecule has 1 aromatic rings. The number of aliphatic hydroxyl groups excluding tert-OH is 1. The van der Waals surface area contributed by atoms with Crippen molar-refractivity contribution in [1.82, 2.24) is 4.90 Å². The van der Waals surface area contributed by atoms with Crippen LogP contribution in [0.2, 0.25) is 5.02 Å². The normalized spacial score (nSPS) is 30.9. The van der Waals surface area contributed by atoms with E-state index in [9.17, 15) is 24.6 Å². The zero-order valence-electron chi connectivity index (χ0n) is 18.7. The lowest BCUT2D eigenvalue weighted by Gasteiger charge is -2.39. The number of hydrogen-bond acceptors (Lipinski definition) is 5. The molecular formula is C24H29ClN2O5S. The first-order chi connectivity index (χ1) is 15.7. The summed E-state index contributed by atoms with van der Waals surface area (Å²) in [7, 11) is 0. The number of aliphatic carboxylic acids is 1. The van der Waals surface area contributed by atoms with Gasteiger partial charge in [-0.15, -0.1) is 18.3 Å². The van der Waals surface area contributed by atoms with Crippen LogP contribution in [0, 0.1) is 18.8 Å². The first-order valence-electron chi connectivity index (χ1n) is 11.2. The smallest absolute Gasteiger partial charge is 0.308 e. The van der Waals surface area contributed by atoms with Gasteiger partial charge >= 0.3 is 5.97 Å². The van der Waals surface area contributed by atoms with Crippen LogP contribution < -0.4 is 4.90 Å². The predicted molar refractivity (Wildman–Crippen MR) is 128 cm³/mol. The number of rotatable bonds is 8. The minimum absolute atomic E-state index is 0.190. The fraction of sp³-hybridized carbons (Fsp3) is 0.542. The summed E-state index contributed by atoms with van der Waals surface area (Å²) in [5.41, 5.74) is 1.37. The van der Waals surface area contributed by atoms with Gasteiger partial charge in [-0.1, -0.05) is 36.7 Å². The molecule has 178 valence electrons. The van der Waals surface area contributed by atoms with E-state index in [-0.39, 0.29) is 30.2 Å². The van der Waals surface area contributed by atoms with Gasteiger partial charge in [0.05, 0.1) is 39.9 Å². The van der Waals surface area contributed by atoms with Crippen LogP contribution in [0.15, 0.2) is 30.9 Å². The zero-order chi connectivity index (χ0) is 24.1. The van der Waals surface area contributed by atoms with Gasteiger partial charge < -0.3 is 20.0 Å². The Morgan fingerprint density at radius 1 is 1.45 bits per heavy atom. The number of halogens is 1. The number of likely N-dealkylation sites (tertiary alicyclic amines) is 1. The molecule has 0 radical (unpaired) electrons. The second-order valence-electron chi connectivity index (χ2n) is 9.03. The largest absolute Gasteiger partial charge is 0.481 e. The SMILES string of the molecule is C=CCN(C(=O)C1N([C@@H](CC)CO)C(=O)[C@@H]2[C@@H](C(=O)O)[C@H]3CCC12S3)c1c(C)cccc1Cl. The topological polar surface area (TPSA) is 98.2 Å². The Labute approximate surface area is 202 Å². The van der Waals surface area contributed by atoms with Crippen LogP contribution in [-0.2, 0) is 14.4 Å². The van der Waals surface area contributed by atoms with Gasteiger partial charge in [0, 0.05) is 11.8 Å². The van der Waals surface area contributed by atoms with Crippen LogP contribution in [-0.4, -0.2) is 68.1 Å². The summed E-state index contributed by atoms with van der Waals surface area (Å²) in [5.74, 6) is -3.27. The van der Waals surface area contributed by atoms with Crippen LogP contribution in [0.3, 0.4) is 0 Å². The molecule has 4 rings (SSSR count). The Morgan fingerprint density at radius 2 is 2.18 bits per heavy atom. The molecule has 1 spiro atoms. The second kappa shape index (κ2) is 8.96. The van der Waals surface area contributed by atoms with Crippen molar-refractivity contribution >= 4 is 46.8 Å². The summed E-state index contributed by atoms with van der Waals surface area (Å²) in [6.07, 6.45) is 3.29. The van der Waals surface area contributed by atoms with E-state index in [1.165, 1.54) is 16.7 Å². The number of carboxylic acid groups (broad SMARTS) is 1. The minimum Gasteiger partial charge on any atom is -0.481 e. The van der Waals surface area contributed by atoms with Crippen molar-refractivity contribution in [2.75, 3.05) is 18.1 Å². The van der Waals surface area contributed by atoms with E-state index in [0.717, 1.165) is 5.56 Å². The highest BCUT2D eigenvalue weighted by atomic mass is 35.5. The summed E-state index contributed by atoms with van der Waals surface area (Å²) in [6, 6.07) is 3.93. The molecule has 1 aromatic carbocycles. The van der Waals surface area contributed by atoms with E-state index in [1.54, 1.807) is 17.0 Å². The van der Waals surface area contributed by atoms with Gasteiger partial charge in [-0.25, -0.2) is 0 Å². The van der Waals surface area contributed by atoms with Crippen molar-refractivity contribution in [3.63, 3.8) is 0 Å². The number of thioether (sulfide) groups is 1. The van der Waals surface area contributed by atoms with Crippen molar-refractivity contribution in [2.24, 2.45) is 11.8 Å². The molecular weight excluding hydrogens is 464 g/mol. The number of carbonyl (C=O) groups is 3. The minimum atomic E-state index is -0.998. The third-order valence-corrected chi connectivity index (χ3v) is 9.63. The van der Waals surface area contributed by atoms with Crippen LogP contribution in [0.25, 0.3) is 0 Å². The zero-order valence-corrected chi connectivity index (χ0v) is 20.3. The molecule has 0 aliphatic carbocycles. The molecule has 2 amide bonds. The van der Waals surface area contributed by atoms with Crippen molar-refractivity contribution < 1.29 is 24.6 Å². The number of fused-ring (bicyclic) bond motifs is 1. The van der Waals surface area contributed by atoms with Gasteiger partial charge in [0.2, 0.25) is 5.91 Å². The van der Waals surface area contributed by atoms with E-state index in [0.29, 0.717) is 30.0 Å². The lowest BCUT2D eigenvalue weighted by molar-refractivity contribution is -0.149. The van der Waals surface area contributed by atoms with Crippen molar-refractivity contribution in [1.29, 1.82) is 0 Å². The molecule has 3 aliphatic rings. The quantitative estimate of drug-likeness (QED) is 0.541. The van der Waals surface area contributed by atoms with E-state index in [4.69, 9.17) is 11.6 Å². The summed E-state index contributed by atoms with van der Waals surface area (Å²) >= 11 is 7.99. The van der Waals surface area contributed by atoms with E-state index in [1.807, 2.05) is 26.0 Å². The van der Waals surface area contributed by atoms with Gasteiger partial charge in [-0.2, -0.15) is 0 Å². The predicted octanol–water partition coefficient (Wildman–Crippen LogP) is 3.11. The number of aryl methyl sites for hydroxylation is 1. The third kappa shape index (κ3) is 3.49. The lowest BCUT2D eigenvalue weighted by atomic mass is 9.71. The van der Waals surface area contributed by atoms with Crippen LogP contribution in [0.1, 0.15) is 31.7 Å². The van der Waals surface area contributed by atoms with Crippen LogP contribution in [0.5, 0.6) is 0 Å². The van der Waals surface area contributed by atoms with Crippen molar-refractivity contribution in [2.45, 2.75) is 55.2 Å². The Morgan fingerprint density at radius 3 is 2.76 bits per heavy atom. The van der Waals surface area contributed by atoms with Gasteiger partial charge in [-0.05, 0) is 37.8 Å². The summed E-state index contributed by atoms with van der Waals surface area (Å²) in [6.45, 7) is 7.40. The fourth-order valence-corrected chi connectivity index (χ4v) is 8.51. The number of aliphatic hydroxyl groups is 1. The van der Waals surface area contributed by atoms with E-state index >= 15 is 0 Å². The van der Waals surface area contributed by atoms with E-state index < -0.39 is 34.6 Å². The average Bonchev–Trinajstić information content (AvgIpc) is 3.41. The summed E-state index contributed by atoms with van der Waals surface area (Å²) in [4.78, 5) is 43.2. The molecule has 33 heavy (non-hydrogen) atoms. The molecule has 2 N–H and O–H groups in total. The number of anilines is 1. The Kier molecular flexibility index (Phi) is 6.55. The monoisotopic (exact) mass is 492 g/mol. The summed E-state index contributed by atoms with van der Waals surface area (Å²) in [5, 5.41) is 20.2. The number of hydrogen-bond donors (Lipinski definition) is 2. The number of benzene rings is 1. The van der Waals surface area contributed by atoms with Crippen molar-refractivity contribution in [3.8, 4) is 0 Å². The number of para-hydroxylation sites is 1. The molecule has 0 saturated carbocycles. The molecule has 7 nitrogen and oxygen atoms in total. The first-order valence-corrected chi connectivity index (χ1v) is 12.5. The van der Waals surface area contributed by atoms with Gasteiger partial charge in [-0.3, -0.25) is 14.4 Å². The third-order valence-electron chi connectivity index (χ3n) is 7.37. The van der Waals surface area contributed by atoms with Crippen LogP contribution in [0.4, 0.5) is 5.69 Å². The molecule has 3 fully saturated rings. The molecule has 6 atom stereocenters. The first kappa shape index (κ1) is 24.1. The molecule has 9 heteroatoms. The fourth-order valence-electron chi connectivity index (χ4n) is 5.99. The van der Waals surface area contributed by atoms with Gasteiger partial charge in [0.15, 0.2) is 0 Å². The number of amides is 2.